The van der Waals surface area contributed by atoms with Gasteiger partial charge in [0.2, 0.25) is 0 Å². The van der Waals surface area contributed by atoms with Gasteiger partial charge in [-0.25, -0.2) is 0 Å². The Morgan fingerprint density at radius 3 is 1.41 bits per heavy atom. The van der Waals surface area contributed by atoms with Crippen molar-refractivity contribution in [1.82, 2.24) is 0 Å². The fourth-order valence-corrected chi connectivity index (χ4v) is 0.796. The number of hydrogen-bond acceptors (Lipinski definition) is 3. The highest BCUT2D eigenvalue weighted by molar-refractivity contribution is 4.57. The molecule has 0 bridgehead atoms. The number of ether oxygens (including phenoxy) is 3. The van der Waals surface area contributed by atoms with E-state index < -0.39 is 44.9 Å². The molecule has 0 saturated heterocycles. The highest BCUT2D eigenvalue weighted by Crippen LogP contribution is 2.16. The molecule has 0 aromatic rings. The van der Waals surface area contributed by atoms with E-state index in [0.29, 0.717) is 0 Å². The van der Waals surface area contributed by atoms with Crippen molar-refractivity contribution in [1.29, 1.82) is 0 Å². The standard InChI is InChI=1S/C8H12F6O3/c1-15-6(2-16-4-7(9,10)11)3-17-5-8(12,13)14/h6H,2-5H2,1H3. The molecule has 0 radical (unpaired) electrons. The molecule has 0 fully saturated rings. The molecule has 0 rings (SSSR count). The summed E-state index contributed by atoms with van der Waals surface area (Å²) in [4.78, 5) is 0. The summed E-state index contributed by atoms with van der Waals surface area (Å²) < 4.78 is 83.1. The summed E-state index contributed by atoms with van der Waals surface area (Å²) in [5.41, 5.74) is 0. The highest BCUT2D eigenvalue weighted by Gasteiger charge is 2.29. The molecule has 0 aliphatic heterocycles. The van der Waals surface area contributed by atoms with E-state index in [0.717, 1.165) is 7.11 Å². The lowest BCUT2D eigenvalue weighted by atomic mass is 10.4. The van der Waals surface area contributed by atoms with Crippen LogP contribution in [0.15, 0.2) is 0 Å². The normalized spacial score (nSPS) is 13.4. The number of halogens is 6. The van der Waals surface area contributed by atoms with E-state index in [9.17, 15) is 26.3 Å². The minimum Gasteiger partial charge on any atom is -0.377 e. The smallest absolute Gasteiger partial charge is 0.377 e. The van der Waals surface area contributed by atoms with Gasteiger partial charge in [0, 0.05) is 7.11 Å². The first-order valence-corrected chi connectivity index (χ1v) is 4.46. The zero-order valence-electron chi connectivity index (χ0n) is 8.90. The van der Waals surface area contributed by atoms with Gasteiger partial charge in [-0.05, 0) is 0 Å². The van der Waals surface area contributed by atoms with Crippen LogP contribution in [0.3, 0.4) is 0 Å². The van der Waals surface area contributed by atoms with E-state index in [2.05, 4.69) is 14.2 Å². The quantitative estimate of drug-likeness (QED) is 0.663. The van der Waals surface area contributed by atoms with Gasteiger partial charge in [-0.1, -0.05) is 0 Å². The lowest BCUT2D eigenvalue weighted by molar-refractivity contribution is -0.193. The number of hydrogen-bond donors (Lipinski definition) is 0. The maximum absolute atomic E-state index is 11.7. The van der Waals surface area contributed by atoms with Crippen molar-refractivity contribution in [2.24, 2.45) is 0 Å². The first-order chi connectivity index (χ1) is 7.64. The van der Waals surface area contributed by atoms with Gasteiger partial charge in [-0.3, -0.25) is 0 Å². The molecule has 0 aromatic carbocycles. The fourth-order valence-electron chi connectivity index (χ4n) is 0.796. The van der Waals surface area contributed by atoms with Gasteiger partial charge in [-0.2, -0.15) is 26.3 Å². The molecule has 0 heterocycles. The van der Waals surface area contributed by atoms with Crippen molar-refractivity contribution in [3.8, 4) is 0 Å². The Labute approximate surface area is 93.6 Å². The van der Waals surface area contributed by atoms with Gasteiger partial charge in [0.1, 0.15) is 19.3 Å². The molecule has 0 unspecified atom stereocenters. The molecule has 0 spiro atoms. The summed E-state index contributed by atoms with van der Waals surface area (Å²) in [7, 11) is 1.14. The van der Waals surface area contributed by atoms with E-state index >= 15 is 0 Å². The second-order valence-electron chi connectivity index (χ2n) is 3.12. The summed E-state index contributed by atoms with van der Waals surface area (Å²) in [6.45, 7) is -3.94. The minimum atomic E-state index is -4.48. The maximum atomic E-state index is 11.7. The Balaban J connectivity index is 3.70. The summed E-state index contributed by atoms with van der Waals surface area (Å²) in [5, 5.41) is 0. The lowest BCUT2D eigenvalue weighted by Gasteiger charge is -2.17. The molecule has 17 heavy (non-hydrogen) atoms. The van der Waals surface area contributed by atoms with E-state index in [1.807, 2.05) is 0 Å². The summed E-state index contributed by atoms with van der Waals surface area (Å²) in [6.07, 6.45) is -9.93. The lowest BCUT2D eigenvalue weighted by Crippen LogP contribution is -2.29. The van der Waals surface area contributed by atoms with Crippen LogP contribution in [0.5, 0.6) is 0 Å². The molecule has 9 heteroatoms. The second kappa shape index (κ2) is 7.02. The van der Waals surface area contributed by atoms with Crippen molar-refractivity contribution in [2.75, 3.05) is 33.5 Å². The first-order valence-electron chi connectivity index (χ1n) is 4.46. The monoisotopic (exact) mass is 270 g/mol. The first kappa shape index (κ1) is 16.5. The van der Waals surface area contributed by atoms with E-state index in [-0.39, 0.29) is 0 Å². The van der Waals surface area contributed by atoms with Crippen molar-refractivity contribution >= 4 is 0 Å². The fraction of sp³-hybridized carbons (Fsp3) is 1.00. The van der Waals surface area contributed by atoms with Crippen molar-refractivity contribution in [3.05, 3.63) is 0 Å². The van der Waals surface area contributed by atoms with Crippen LogP contribution >= 0.6 is 0 Å². The molecule has 0 amide bonds. The molecule has 0 aliphatic rings. The van der Waals surface area contributed by atoms with Gasteiger partial charge in [0.15, 0.2) is 0 Å². The van der Waals surface area contributed by atoms with E-state index in [1.54, 1.807) is 0 Å². The van der Waals surface area contributed by atoms with Gasteiger partial charge in [-0.15, -0.1) is 0 Å². The van der Waals surface area contributed by atoms with Gasteiger partial charge >= 0.3 is 12.4 Å². The molecular formula is C8H12F6O3. The van der Waals surface area contributed by atoms with Crippen molar-refractivity contribution in [2.45, 2.75) is 18.5 Å². The largest absolute Gasteiger partial charge is 0.411 e. The third-order valence-electron chi connectivity index (χ3n) is 1.47. The van der Waals surface area contributed by atoms with Crippen molar-refractivity contribution in [3.63, 3.8) is 0 Å². The van der Waals surface area contributed by atoms with Crippen LogP contribution in [-0.2, 0) is 14.2 Å². The van der Waals surface area contributed by atoms with Crippen LogP contribution in [-0.4, -0.2) is 52.0 Å². The number of rotatable bonds is 7. The van der Waals surface area contributed by atoms with E-state index in [1.165, 1.54) is 0 Å². The Kier molecular flexibility index (Phi) is 6.80. The van der Waals surface area contributed by atoms with Gasteiger partial charge in [0.25, 0.3) is 0 Å². The SMILES string of the molecule is COC(COCC(F)(F)F)COCC(F)(F)F. The molecule has 0 aliphatic carbocycles. The average molecular weight is 270 g/mol. The second-order valence-corrected chi connectivity index (χ2v) is 3.12. The zero-order chi connectivity index (χ0) is 13.5. The molecule has 104 valence electrons. The molecule has 0 aromatic heterocycles. The Hall–Kier alpha value is -0.540. The number of methoxy groups -OCH3 is 1. The average Bonchev–Trinajstić information content (AvgIpc) is 2.11. The van der Waals surface area contributed by atoms with Crippen LogP contribution in [0.25, 0.3) is 0 Å². The highest BCUT2D eigenvalue weighted by atomic mass is 19.4. The summed E-state index contributed by atoms with van der Waals surface area (Å²) in [5.74, 6) is 0. The van der Waals surface area contributed by atoms with Crippen LogP contribution in [0, 0.1) is 0 Å². The van der Waals surface area contributed by atoms with E-state index in [4.69, 9.17) is 0 Å². The van der Waals surface area contributed by atoms with Crippen LogP contribution < -0.4 is 0 Å². The predicted molar refractivity (Wildman–Crippen MR) is 44.5 cm³/mol. The maximum Gasteiger partial charge on any atom is 0.411 e. The topological polar surface area (TPSA) is 27.7 Å². The third-order valence-corrected chi connectivity index (χ3v) is 1.47. The Morgan fingerprint density at radius 1 is 0.824 bits per heavy atom. The zero-order valence-corrected chi connectivity index (χ0v) is 8.90. The van der Waals surface area contributed by atoms with Gasteiger partial charge in [0.05, 0.1) is 13.2 Å². The molecular weight excluding hydrogens is 258 g/mol. The third kappa shape index (κ3) is 11.7. The summed E-state index contributed by atoms with van der Waals surface area (Å²) >= 11 is 0. The molecule has 0 saturated carbocycles. The van der Waals surface area contributed by atoms with Crippen LogP contribution in [0.4, 0.5) is 26.3 Å². The molecule has 0 atom stereocenters. The molecule has 3 nitrogen and oxygen atoms in total. The Morgan fingerprint density at radius 2 is 1.18 bits per heavy atom. The summed E-state index contributed by atoms with van der Waals surface area (Å²) in [6, 6.07) is 0. The van der Waals surface area contributed by atoms with Crippen LogP contribution in [0.1, 0.15) is 0 Å². The minimum absolute atomic E-state index is 0.492. The Bertz CT molecular complexity index is 182. The van der Waals surface area contributed by atoms with Crippen LogP contribution in [0.2, 0.25) is 0 Å². The predicted octanol–water partition coefficient (Wildman–Crippen LogP) is 2.16. The molecule has 0 N–H and O–H groups in total. The number of alkyl halides is 6. The van der Waals surface area contributed by atoms with Crippen molar-refractivity contribution < 1.29 is 40.6 Å². The van der Waals surface area contributed by atoms with Gasteiger partial charge < -0.3 is 14.2 Å².